The van der Waals surface area contributed by atoms with E-state index in [0.717, 1.165) is 83.4 Å². The van der Waals surface area contributed by atoms with Crippen LogP contribution in [0.3, 0.4) is 0 Å². The summed E-state index contributed by atoms with van der Waals surface area (Å²) in [6, 6.07) is 18.1. The van der Waals surface area contributed by atoms with Crippen LogP contribution in [0.15, 0.2) is 73.3 Å². The molecular weight excluding hydrogens is 836 g/mol. The molecule has 10 aliphatic rings. The first-order chi connectivity index (χ1) is 31.6. The normalized spacial score (nSPS) is 29.5. The van der Waals surface area contributed by atoms with Crippen molar-refractivity contribution in [2.45, 2.75) is 116 Å². The quantitative estimate of drug-likeness (QED) is 0.147. The molecule has 2 aromatic carbocycles. The SMILES string of the molecule is O=C(CC12CC3CC(CC(C3)C1)C2)Nc1ncnc2c1CCN(C(=O)c1ccccc1)C2.O=C(CC12CC3CC(CC(C3)C1)C2)Nc1ncnc2c1CCNC2.O=C(Cl)c1ccccc1. The first kappa shape index (κ1) is 43.8. The predicted octanol–water partition coefficient (Wildman–Crippen LogP) is 8.95. The van der Waals surface area contributed by atoms with Gasteiger partial charge in [0, 0.05) is 48.2 Å². The van der Waals surface area contributed by atoms with Gasteiger partial charge in [0.1, 0.15) is 24.3 Å². The number of rotatable bonds is 8. The summed E-state index contributed by atoms with van der Waals surface area (Å²) in [5.41, 5.74) is 5.69. The summed E-state index contributed by atoms with van der Waals surface area (Å²) in [5.74, 6) is 6.85. The molecule has 0 saturated heterocycles. The van der Waals surface area contributed by atoms with E-state index in [4.69, 9.17) is 11.6 Å². The number of halogens is 1. The fourth-order valence-corrected chi connectivity index (χ4v) is 14.5. The van der Waals surface area contributed by atoms with Gasteiger partial charge in [-0.3, -0.25) is 19.2 Å². The van der Waals surface area contributed by atoms with Crippen molar-refractivity contribution in [3.63, 3.8) is 0 Å². The minimum Gasteiger partial charge on any atom is -0.332 e. The lowest BCUT2D eigenvalue weighted by Crippen LogP contribution is -2.47. The molecule has 14 rings (SSSR count). The minimum absolute atomic E-state index is 0.0160. The van der Waals surface area contributed by atoms with Crippen molar-refractivity contribution in [2.75, 3.05) is 23.7 Å². The van der Waals surface area contributed by atoms with E-state index < -0.39 is 5.24 Å². The molecule has 4 aromatic rings. The van der Waals surface area contributed by atoms with E-state index in [1.54, 1.807) is 30.6 Å². The molecule has 12 nitrogen and oxygen atoms in total. The van der Waals surface area contributed by atoms with Crippen molar-refractivity contribution in [2.24, 2.45) is 46.3 Å². The maximum Gasteiger partial charge on any atom is 0.254 e. The summed E-state index contributed by atoms with van der Waals surface area (Å²) in [4.78, 5) is 68.5. The third kappa shape index (κ3) is 9.90. The molecule has 0 unspecified atom stereocenters. The van der Waals surface area contributed by atoms with Gasteiger partial charge in [-0.15, -0.1) is 0 Å². The van der Waals surface area contributed by atoms with Crippen molar-refractivity contribution in [3.05, 3.63) is 107 Å². The standard InChI is InChI=1S/C26H30N4O2.C19H26N4O.C7H5ClO/c31-23(14-26-11-17-8-18(12-26)10-19(9-17)13-26)29-24-21-6-7-30(15-22(21)27-16-28-24)25(32)20-4-2-1-3-5-20;24-17(23-18-15-1-2-20-10-16(15)21-11-22-18)9-19-6-12-3-13(7-19)5-14(4-12)8-19;8-7(9)6-4-2-1-3-5-6/h1-5,16-19H,6-15H2,(H,27,28,29,31);11-14,20H,1-10H2,(H,21,22,23,24);1-5H. The first-order valence-corrected chi connectivity index (χ1v) is 24.5. The van der Waals surface area contributed by atoms with Crippen LogP contribution in [0.5, 0.6) is 0 Å². The van der Waals surface area contributed by atoms with Crippen LogP contribution in [0.4, 0.5) is 11.6 Å². The van der Waals surface area contributed by atoms with Crippen LogP contribution in [0.1, 0.15) is 133 Å². The van der Waals surface area contributed by atoms with E-state index in [0.29, 0.717) is 49.3 Å². The van der Waals surface area contributed by atoms with E-state index in [-0.39, 0.29) is 28.6 Å². The Balaban J connectivity index is 0.000000132. The van der Waals surface area contributed by atoms with E-state index >= 15 is 0 Å². The largest absolute Gasteiger partial charge is 0.332 e. The second-order valence-electron chi connectivity index (χ2n) is 21.0. The average molecular weight is 898 g/mol. The van der Waals surface area contributed by atoms with Crippen molar-refractivity contribution >= 4 is 46.2 Å². The molecule has 8 saturated carbocycles. The second-order valence-corrected chi connectivity index (χ2v) is 21.3. The Morgan fingerprint density at radius 3 is 1.51 bits per heavy atom. The van der Waals surface area contributed by atoms with Gasteiger partial charge in [-0.2, -0.15) is 0 Å². The van der Waals surface area contributed by atoms with Crippen molar-refractivity contribution in [3.8, 4) is 0 Å². The number of nitrogens with one attached hydrogen (secondary N) is 3. The molecule has 8 fully saturated rings. The summed E-state index contributed by atoms with van der Waals surface area (Å²) in [7, 11) is 0. The van der Waals surface area contributed by atoms with Crippen LogP contribution in [-0.2, 0) is 35.5 Å². The van der Waals surface area contributed by atoms with E-state index in [1.165, 1.54) is 83.4 Å². The van der Waals surface area contributed by atoms with Crippen LogP contribution in [0.25, 0.3) is 0 Å². The van der Waals surface area contributed by atoms with Gasteiger partial charge in [0.05, 0.1) is 17.9 Å². The van der Waals surface area contributed by atoms with Gasteiger partial charge in [-0.25, -0.2) is 19.9 Å². The number of carbonyl (C=O) groups is 4. The molecule has 4 heterocycles. The molecule has 340 valence electrons. The average Bonchev–Trinajstić information content (AvgIpc) is 3.28. The smallest absolute Gasteiger partial charge is 0.254 e. The van der Waals surface area contributed by atoms with Crippen LogP contribution < -0.4 is 16.0 Å². The Kier molecular flexibility index (Phi) is 12.6. The van der Waals surface area contributed by atoms with Gasteiger partial charge >= 0.3 is 0 Å². The highest BCUT2D eigenvalue weighted by molar-refractivity contribution is 6.67. The summed E-state index contributed by atoms with van der Waals surface area (Å²) in [6.45, 7) is 2.75. The fourth-order valence-electron chi connectivity index (χ4n) is 14.4. The number of nitrogens with zero attached hydrogens (tertiary/aromatic N) is 5. The summed E-state index contributed by atoms with van der Waals surface area (Å²) < 4.78 is 0. The van der Waals surface area contributed by atoms with Crippen molar-refractivity contribution < 1.29 is 19.2 Å². The fraction of sp³-hybridized carbons (Fsp3) is 0.538. The van der Waals surface area contributed by atoms with Crippen molar-refractivity contribution in [1.82, 2.24) is 30.2 Å². The molecule has 8 bridgehead atoms. The molecule has 2 aliphatic heterocycles. The Hall–Kier alpha value is -5.07. The summed E-state index contributed by atoms with van der Waals surface area (Å²) >= 11 is 5.16. The van der Waals surface area contributed by atoms with Gasteiger partial charge in [0.15, 0.2) is 0 Å². The Morgan fingerprint density at radius 2 is 1.05 bits per heavy atom. The van der Waals surface area contributed by atoms with E-state index in [1.807, 2.05) is 41.3 Å². The van der Waals surface area contributed by atoms with Gasteiger partial charge < -0.3 is 20.9 Å². The predicted molar refractivity (Wildman–Crippen MR) is 249 cm³/mol. The monoisotopic (exact) mass is 896 g/mol. The van der Waals surface area contributed by atoms with Crippen molar-refractivity contribution in [1.29, 1.82) is 0 Å². The number of anilines is 2. The first-order valence-electron chi connectivity index (χ1n) is 24.1. The van der Waals surface area contributed by atoms with Crippen LogP contribution in [-0.4, -0.2) is 60.9 Å². The number of hydrogen-bond donors (Lipinski definition) is 3. The molecule has 2 aromatic heterocycles. The molecule has 0 radical (unpaired) electrons. The lowest BCUT2D eigenvalue weighted by molar-refractivity contribution is -0.125. The Bertz CT molecular complexity index is 2340. The minimum atomic E-state index is -0.407. The molecule has 0 atom stereocenters. The third-order valence-corrected chi connectivity index (χ3v) is 16.3. The lowest BCUT2D eigenvalue weighted by atomic mass is 9.49. The zero-order valence-electron chi connectivity index (χ0n) is 37.3. The number of aromatic nitrogens is 4. The molecule has 8 aliphatic carbocycles. The molecule has 65 heavy (non-hydrogen) atoms. The van der Waals surface area contributed by atoms with Gasteiger partial charge in [-0.1, -0.05) is 48.5 Å². The third-order valence-electron chi connectivity index (χ3n) is 16.1. The molecule has 13 heteroatoms. The zero-order valence-corrected chi connectivity index (χ0v) is 38.0. The maximum absolute atomic E-state index is 13.1. The zero-order chi connectivity index (χ0) is 44.5. The topological polar surface area (TPSA) is 159 Å². The number of hydrogen-bond acceptors (Lipinski definition) is 9. The van der Waals surface area contributed by atoms with E-state index in [9.17, 15) is 19.2 Å². The second kappa shape index (κ2) is 18.7. The highest BCUT2D eigenvalue weighted by Crippen LogP contribution is 2.62. The Morgan fingerprint density at radius 1 is 0.600 bits per heavy atom. The van der Waals surface area contributed by atoms with Gasteiger partial charge in [-0.05, 0) is 167 Å². The van der Waals surface area contributed by atoms with Crippen LogP contribution in [0, 0.1) is 46.3 Å². The maximum atomic E-state index is 13.1. The Labute approximate surface area is 386 Å². The summed E-state index contributed by atoms with van der Waals surface area (Å²) in [5, 5.41) is 9.17. The van der Waals surface area contributed by atoms with Crippen LogP contribution in [0.2, 0.25) is 0 Å². The van der Waals surface area contributed by atoms with E-state index in [2.05, 4.69) is 35.9 Å². The molecule has 3 amide bonds. The number of carbonyl (C=O) groups excluding carboxylic acids is 4. The van der Waals surface area contributed by atoms with Crippen LogP contribution >= 0.6 is 11.6 Å². The molecule has 3 N–H and O–H groups in total. The molecule has 0 spiro atoms. The van der Waals surface area contributed by atoms with Gasteiger partial charge in [0.25, 0.3) is 11.1 Å². The number of fused-ring (bicyclic) bond motifs is 2. The van der Waals surface area contributed by atoms with Gasteiger partial charge in [0.2, 0.25) is 11.8 Å². The highest BCUT2D eigenvalue weighted by Gasteiger charge is 2.52. The number of benzene rings is 2. The number of amides is 3. The highest BCUT2D eigenvalue weighted by atomic mass is 35.5. The molecular formula is C52H61ClN8O4. The summed E-state index contributed by atoms with van der Waals surface area (Å²) in [6.07, 6.45) is 21.9. The lowest BCUT2D eigenvalue weighted by Gasteiger charge is -2.56.